The summed E-state index contributed by atoms with van der Waals surface area (Å²) in [5.41, 5.74) is -0.778. The maximum Gasteiger partial charge on any atom is 0.330 e. The van der Waals surface area contributed by atoms with E-state index in [0.717, 1.165) is 9.32 Å². The Morgan fingerprint density at radius 2 is 2.21 bits per heavy atom. The Morgan fingerprint density at radius 3 is 2.74 bits per heavy atom. The molecule has 0 spiro atoms. The van der Waals surface area contributed by atoms with E-state index in [1.54, 1.807) is 18.2 Å². The molecule has 0 bridgehead atoms. The number of carbonyl (C=O) groups excluding carboxylic acids is 1. The van der Waals surface area contributed by atoms with Gasteiger partial charge in [0.05, 0.1) is 5.02 Å². The van der Waals surface area contributed by atoms with E-state index in [9.17, 15) is 14.7 Å². The Hall–Kier alpha value is -0.470. The number of halogens is 2. The van der Waals surface area contributed by atoms with Crippen molar-refractivity contribution in [3.8, 4) is 0 Å². The fraction of sp³-hybridized carbons (Fsp3) is 0.333. The predicted octanol–water partition coefficient (Wildman–Crippen LogP) is 2.63. The minimum Gasteiger partial charge on any atom is -0.479 e. The molecule has 1 unspecified atom stereocenters. The monoisotopic (exact) mass is 411 g/mol. The molecular weight excluding hydrogens is 401 g/mol. The van der Waals surface area contributed by atoms with Crippen LogP contribution >= 0.6 is 46.0 Å². The van der Waals surface area contributed by atoms with E-state index >= 15 is 0 Å². The fourth-order valence-corrected chi connectivity index (χ4v) is 3.65. The SMILES string of the molecule is O=C(NC1(C(=O)O)CCSC1)c1ccc(I)c(Cl)c1. The average Bonchev–Trinajstić information content (AvgIpc) is 2.82. The van der Waals surface area contributed by atoms with Gasteiger partial charge in [0.1, 0.15) is 5.54 Å². The van der Waals surface area contributed by atoms with Crippen LogP contribution in [0.5, 0.6) is 0 Å². The van der Waals surface area contributed by atoms with Crippen molar-refractivity contribution in [2.24, 2.45) is 0 Å². The molecule has 4 nitrogen and oxygen atoms in total. The van der Waals surface area contributed by atoms with E-state index in [1.807, 2.05) is 0 Å². The van der Waals surface area contributed by atoms with Crippen LogP contribution in [0.25, 0.3) is 0 Å². The smallest absolute Gasteiger partial charge is 0.330 e. The summed E-state index contributed by atoms with van der Waals surface area (Å²) < 4.78 is 0.847. The molecule has 19 heavy (non-hydrogen) atoms. The number of carboxylic acid groups (broad SMARTS) is 1. The number of carboxylic acids is 1. The van der Waals surface area contributed by atoms with Crippen LogP contribution in [0.1, 0.15) is 16.8 Å². The van der Waals surface area contributed by atoms with Crippen molar-refractivity contribution < 1.29 is 14.7 Å². The van der Waals surface area contributed by atoms with Gasteiger partial charge in [-0.15, -0.1) is 0 Å². The van der Waals surface area contributed by atoms with Crippen molar-refractivity contribution in [3.05, 3.63) is 32.4 Å². The molecule has 1 aliphatic heterocycles. The number of hydrogen-bond acceptors (Lipinski definition) is 3. The third-order valence-electron chi connectivity index (χ3n) is 2.97. The molecule has 1 heterocycles. The molecule has 1 atom stereocenters. The van der Waals surface area contributed by atoms with Crippen LogP contribution < -0.4 is 5.32 Å². The summed E-state index contributed by atoms with van der Waals surface area (Å²) in [6.07, 6.45) is 0.441. The van der Waals surface area contributed by atoms with Gasteiger partial charge in [-0.3, -0.25) is 4.79 Å². The van der Waals surface area contributed by atoms with Crippen LogP contribution in [-0.4, -0.2) is 34.0 Å². The van der Waals surface area contributed by atoms with Crippen LogP contribution in [0.15, 0.2) is 18.2 Å². The molecule has 0 aromatic heterocycles. The summed E-state index contributed by atoms with van der Waals surface area (Å²) in [6.45, 7) is 0. The van der Waals surface area contributed by atoms with Gasteiger partial charge in [-0.05, 0) is 53.0 Å². The number of hydrogen-bond donors (Lipinski definition) is 2. The Bertz CT molecular complexity index is 532. The summed E-state index contributed by atoms with van der Waals surface area (Å²) >= 11 is 9.56. The molecule has 102 valence electrons. The first-order valence-electron chi connectivity index (χ1n) is 5.53. The molecule has 1 aromatic carbocycles. The summed E-state index contributed by atoms with van der Waals surface area (Å²) in [5, 5.41) is 12.4. The van der Waals surface area contributed by atoms with Crippen molar-refractivity contribution in [2.75, 3.05) is 11.5 Å². The van der Waals surface area contributed by atoms with Gasteiger partial charge < -0.3 is 10.4 Å². The lowest BCUT2D eigenvalue weighted by molar-refractivity contribution is -0.143. The second kappa shape index (κ2) is 5.88. The van der Waals surface area contributed by atoms with Gasteiger partial charge in [-0.2, -0.15) is 11.8 Å². The topological polar surface area (TPSA) is 66.4 Å². The van der Waals surface area contributed by atoms with Crippen LogP contribution in [-0.2, 0) is 4.79 Å². The van der Waals surface area contributed by atoms with Gasteiger partial charge in [0.15, 0.2) is 0 Å². The minimum atomic E-state index is -1.16. The molecule has 1 fully saturated rings. The normalized spacial score (nSPS) is 22.2. The fourth-order valence-electron chi connectivity index (χ4n) is 1.81. The van der Waals surface area contributed by atoms with Gasteiger partial charge >= 0.3 is 5.97 Å². The lowest BCUT2D eigenvalue weighted by atomic mass is 9.98. The summed E-state index contributed by atoms with van der Waals surface area (Å²) in [5.74, 6) is -0.253. The molecule has 0 aliphatic carbocycles. The highest BCUT2D eigenvalue weighted by atomic mass is 127. The van der Waals surface area contributed by atoms with E-state index in [0.29, 0.717) is 22.8 Å². The van der Waals surface area contributed by atoms with E-state index in [-0.39, 0.29) is 0 Å². The molecular formula is C12H11ClINO3S. The van der Waals surface area contributed by atoms with Gasteiger partial charge in [0.2, 0.25) is 0 Å². The molecule has 0 saturated carbocycles. The first kappa shape index (κ1) is 14.9. The third-order valence-corrected chi connectivity index (χ3v) is 5.73. The van der Waals surface area contributed by atoms with Gasteiger partial charge in [-0.1, -0.05) is 11.6 Å². The van der Waals surface area contributed by atoms with E-state index in [1.165, 1.54) is 11.8 Å². The lowest BCUT2D eigenvalue weighted by Gasteiger charge is -2.24. The molecule has 1 aliphatic rings. The van der Waals surface area contributed by atoms with Gasteiger partial charge in [0, 0.05) is 14.9 Å². The predicted molar refractivity (Wildman–Crippen MR) is 83.9 cm³/mol. The Morgan fingerprint density at radius 1 is 1.47 bits per heavy atom. The number of aliphatic carboxylic acids is 1. The molecule has 1 aromatic rings. The quantitative estimate of drug-likeness (QED) is 0.751. The van der Waals surface area contributed by atoms with Crippen molar-refractivity contribution >= 4 is 57.8 Å². The van der Waals surface area contributed by atoms with Crippen molar-refractivity contribution in [3.63, 3.8) is 0 Å². The number of carbonyl (C=O) groups is 2. The van der Waals surface area contributed by atoms with Crippen LogP contribution in [0, 0.1) is 3.57 Å². The number of rotatable bonds is 3. The maximum absolute atomic E-state index is 12.1. The van der Waals surface area contributed by atoms with Crippen LogP contribution in [0.4, 0.5) is 0 Å². The van der Waals surface area contributed by atoms with Crippen LogP contribution in [0.2, 0.25) is 5.02 Å². The average molecular weight is 412 g/mol. The number of nitrogens with one attached hydrogen (secondary N) is 1. The summed E-state index contributed by atoms with van der Waals surface area (Å²) in [6, 6.07) is 4.92. The second-order valence-corrected chi connectivity index (χ2v) is 6.95. The van der Waals surface area contributed by atoms with Crippen molar-refractivity contribution in [1.82, 2.24) is 5.32 Å². The highest BCUT2D eigenvalue weighted by molar-refractivity contribution is 14.1. The molecule has 1 saturated heterocycles. The van der Waals surface area contributed by atoms with E-state index < -0.39 is 17.4 Å². The molecule has 1 amide bonds. The first-order chi connectivity index (χ1) is 8.94. The minimum absolute atomic E-state index is 0.378. The molecule has 0 radical (unpaired) electrons. The zero-order chi connectivity index (χ0) is 14.0. The Labute approximate surface area is 133 Å². The number of benzene rings is 1. The second-order valence-electron chi connectivity index (χ2n) is 4.27. The summed E-state index contributed by atoms with van der Waals surface area (Å²) in [7, 11) is 0. The Kier molecular flexibility index (Phi) is 4.62. The standard InChI is InChI=1S/C12H11ClINO3S/c13-8-5-7(1-2-9(8)14)10(16)15-12(11(17)18)3-4-19-6-12/h1-2,5H,3-4,6H2,(H,15,16)(H,17,18). The van der Waals surface area contributed by atoms with Crippen molar-refractivity contribution in [2.45, 2.75) is 12.0 Å². The number of amides is 1. The molecule has 2 N–H and O–H groups in total. The molecule has 7 heteroatoms. The van der Waals surface area contributed by atoms with Crippen LogP contribution in [0.3, 0.4) is 0 Å². The maximum atomic E-state index is 12.1. The van der Waals surface area contributed by atoms with Crippen molar-refractivity contribution in [1.29, 1.82) is 0 Å². The van der Waals surface area contributed by atoms with E-state index in [2.05, 4.69) is 27.9 Å². The lowest BCUT2D eigenvalue weighted by Crippen LogP contribution is -2.54. The zero-order valence-corrected chi connectivity index (χ0v) is 13.5. The highest BCUT2D eigenvalue weighted by Gasteiger charge is 2.43. The molecule has 2 rings (SSSR count). The van der Waals surface area contributed by atoms with Gasteiger partial charge in [-0.25, -0.2) is 4.79 Å². The largest absolute Gasteiger partial charge is 0.479 e. The first-order valence-corrected chi connectivity index (χ1v) is 8.14. The van der Waals surface area contributed by atoms with Gasteiger partial charge in [0.25, 0.3) is 5.91 Å². The summed E-state index contributed by atoms with van der Waals surface area (Å²) in [4.78, 5) is 23.5. The highest BCUT2D eigenvalue weighted by Crippen LogP contribution is 2.29. The number of thioether (sulfide) groups is 1. The van der Waals surface area contributed by atoms with E-state index in [4.69, 9.17) is 11.6 Å². The third kappa shape index (κ3) is 3.17. The zero-order valence-electron chi connectivity index (χ0n) is 9.78. The Balaban J connectivity index is 2.20.